The normalized spacial score (nSPS) is 17.8. The number of carbonyl (C=O) groups excluding carboxylic acids is 1. The number of ether oxygens (including phenoxy) is 1. The summed E-state index contributed by atoms with van der Waals surface area (Å²) in [6.45, 7) is 0. The number of fused-ring (bicyclic) bond motifs is 1. The Morgan fingerprint density at radius 1 is 0.871 bits per heavy atom. The molecule has 4 aromatic rings. The van der Waals surface area contributed by atoms with Crippen LogP contribution in [0.25, 0.3) is 0 Å². The van der Waals surface area contributed by atoms with Gasteiger partial charge in [-0.3, -0.25) is 9.69 Å². The van der Waals surface area contributed by atoms with Gasteiger partial charge in [0.1, 0.15) is 12.1 Å². The Bertz CT molecular complexity index is 1170. The first kappa shape index (κ1) is 19.1. The highest BCUT2D eigenvalue weighted by Crippen LogP contribution is 2.42. The molecule has 1 aromatic heterocycles. The van der Waals surface area contributed by atoms with Gasteiger partial charge in [-0.25, -0.2) is 4.68 Å². The van der Waals surface area contributed by atoms with Gasteiger partial charge in [0, 0.05) is 5.56 Å². The Morgan fingerprint density at radius 3 is 2.19 bits per heavy atom. The number of anilines is 1. The molecular weight excluding hydrogens is 388 g/mol. The lowest BCUT2D eigenvalue weighted by atomic mass is 9.91. The van der Waals surface area contributed by atoms with E-state index in [1.165, 1.54) is 6.33 Å². The van der Waals surface area contributed by atoms with Crippen molar-refractivity contribution in [1.82, 2.24) is 14.8 Å². The van der Waals surface area contributed by atoms with Crippen LogP contribution in [0, 0.1) is 0 Å². The Hall–Kier alpha value is -3.93. The molecular formula is C25H22N4O2. The molecule has 6 nitrogen and oxygen atoms in total. The molecule has 0 fully saturated rings. The number of hydrogen-bond acceptors (Lipinski definition) is 4. The fourth-order valence-electron chi connectivity index (χ4n) is 4.21. The summed E-state index contributed by atoms with van der Waals surface area (Å²) in [5.41, 5.74) is 2.79. The molecule has 154 valence electrons. The van der Waals surface area contributed by atoms with Crippen LogP contribution in [0.3, 0.4) is 0 Å². The number of carbonyl (C=O) groups is 1. The zero-order chi connectivity index (χ0) is 21.2. The van der Waals surface area contributed by atoms with Gasteiger partial charge in [0.15, 0.2) is 0 Å². The molecule has 5 rings (SSSR count). The van der Waals surface area contributed by atoms with E-state index in [1.807, 2.05) is 77.5 Å². The van der Waals surface area contributed by atoms with Crippen LogP contribution in [0.2, 0.25) is 0 Å². The Balaban J connectivity index is 1.62. The van der Waals surface area contributed by atoms with Gasteiger partial charge in [-0.1, -0.05) is 60.7 Å². The van der Waals surface area contributed by atoms with E-state index in [-0.39, 0.29) is 18.0 Å². The summed E-state index contributed by atoms with van der Waals surface area (Å²) in [5, 5.41) is 4.49. The van der Waals surface area contributed by atoms with Crippen molar-refractivity contribution >= 4 is 11.9 Å². The van der Waals surface area contributed by atoms with Crippen LogP contribution >= 0.6 is 0 Å². The molecule has 0 spiro atoms. The second-order valence-corrected chi connectivity index (χ2v) is 7.50. The fourth-order valence-corrected chi connectivity index (χ4v) is 4.21. The predicted octanol–water partition coefficient (Wildman–Crippen LogP) is 4.67. The number of aromatic nitrogens is 3. The highest BCUT2D eigenvalue weighted by molar-refractivity contribution is 6.05. The molecule has 0 unspecified atom stereocenters. The first-order valence-corrected chi connectivity index (χ1v) is 10.2. The zero-order valence-corrected chi connectivity index (χ0v) is 17.1. The number of benzene rings is 3. The van der Waals surface area contributed by atoms with Crippen molar-refractivity contribution in [3.8, 4) is 5.75 Å². The van der Waals surface area contributed by atoms with E-state index in [2.05, 4.69) is 22.2 Å². The Morgan fingerprint density at radius 2 is 1.52 bits per heavy atom. The maximum Gasteiger partial charge on any atom is 0.261 e. The average molecular weight is 410 g/mol. The molecule has 0 radical (unpaired) electrons. The highest BCUT2D eigenvalue weighted by atomic mass is 16.5. The van der Waals surface area contributed by atoms with Crippen molar-refractivity contribution in [2.45, 2.75) is 18.5 Å². The number of nitrogens with zero attached hydrogens (tertiary/aromatic N) is 4. The van der Waals surface area contributed by atoms with Crippen molar-refractivity contribution in [2.75, 3.05) is 12.0 Å². The van der Waals surface area contributed by atoms with Gasteiger partial charge in [-0.2, -0.15) is 10.1 Å². The van der Waals surface area contributed by atoms with Gasteiger partial charge in [0.05, 0.1) is 19.2 Å². The highest BCUT2D eigenvalue weighted by Gasteiger charge is 2.39. The van der Waals surface area contributed by atoms with Gasteiger partial charge in [-0.05, 0) is 41.8 Å². The summed E-state index contributed by atoms with van der Waals surface area (Å²) in [6, 6.07) is 27.2. The summed E-state index contributed by atoms with van der Waals surface area (Å²) in [5.74, 6) is 1.27. The van der Waals surface area contributed by atoms with Crippen LogP contribution in [0.1, 0.15) is 40.0 Å². The van der Waals surface area contributed by atoms with E-state index >= 15 is 0 Å². The van der Waals surface area contributed by atoms with Crippen molar-refractivity contribution < 1.29 is 9.53 Å². The van der Waals surface area contributed by atoms with Crippen LogP contribution < -0.4 is 9.64 Å². The molecule has 0 saturated carbocycles. The van der Waals surface area contributed by atoms with Crippen LogP contribution in [0.5, 0.6) is 5.75 Å². The topological polar surface area (TPSA) is 60.2 Å². The second kappa shape index (κ2) is 8.07. The summed E-state index contributed by atoms with van der Waals surface area (Å²) in [7, 11) is 1.66. The van der Waals surface area contributed by atoms with Crippen molar-refractivity contribution in [1.29, 1.82) is 0 Å². The van der Waals surface area contributed by atoms with E-state index in [9.17, 15) is 4.79 Å². The van der Waals surface area contributed by atoms with Gasteiger partial charge in [0.2, 0.25) is 5.95 Å². The molecule has 2 heterocycles. The lowest BCUT2D eigenvalue weighted by Crippen LogP contribution is -2.42. The third-order valence-corrected chi connectivity index (χ3v) is 5.75. The standard InChI is InChI=1S/C25H22N4O2/c1-31-21-14-12-19(13-15-21)23-16-22(18-8-4-2-5-9-18)28(25-26-17-27-29(23)25)24(30)20-10-6-3-7-11-20/h2-15,17,22-23H,16H2,1H3/t22-,23-/m0/s1. The fraction of sp³-hybridized carbons (Fsp3) is 0.160. The number of hydrogen-bond donors (Lipinski definition) is 0. The molecule has 0 saturated heterocycles. The largest absolute Gasteiger partial charge is 0.497 e. The third kappa shape index (κ3) is 3.46. The van der Waals surface area contributed by atoms with Crippen LogP contribution in [-0.2, 0) is 0 Å². The molecule has 1 aliphatic heterocycles. The van der Waals surface area contributed by atoms with Crippen molar-refractivity contribution in [3.63, 3.8) is 0 Å². The maximum atomic E-state index is 13.6. The molecule has 1 aliphatic rings. The molecule has 31 heavy (non-hydrogen) atoms. The molecule has 2 atom stereocenters. The molecule has 1 amide bonds. The van der Waals surface area contributed by atoms with Gasteiger partial charge in [-0.15, -0.1) is 0 Å². The molecule has 3 aromatic carbocycles. The average Bonchev–Trinajstić information content (AvgIpc) is 3.33. The monoisotopic (exact) mass is 410 g/mol. The zero-order valence-electron chi connectivity index (χ0n) is 17.1. The summed E-state index contributed by atoms with van der Waals surface area (Å²) in [6.07, 6.45) is 2.20. The lowest BCUT2D eigenvalue weighted by molar-refractivity contribution is 0.0963. The third-order valence-electron chi connectivity index (χ3n) is 5.75. The van der Waals surface area contributed by atoms with Crippen LogP contribution in [0.15, 0.2) is 91.3 Å². The number of amides is 1. The van der Waals surface area contributed by atoms with Crippen molar-refractivity contribution in [3.05, 3.63) is 108 Å². The maximum absolute atomic E-state index is 13.6. The van der Waals surface area contributed by atoms with E-state index in [0.29, 0.717) is 17.9 Å². The minimum absolute atomic E-state index is 0.0477. The van der Waals surface area contributed by atoms with E-state index in [0.717, 1.165) is 16.9 Å². The van der Waals surface area contributed by atoms with E-state index in [4.69, 9.17) is 4.74 Å². The summed E-state index contributed by atoms with van der Waals surface area (Å²) < 4.78 is 7.16. The lowest BCUT2D eigenvalue weighted by Gasteiger charge is -2.39. The van der Waals surface area contributed by atoms with E-state index < -0.39 is 0 Å². The summed E-state index contributed by atoms with van der Waals surface area (Å²) >= 11 is 0. The van der Waals surface area contributed by atoms with Gasteiger partial charge >= 0.3 is 0 Å². The predicted molar refractivity (Wildman–Crippen MR) is 118 cm³/mol. The SMILES string of the molecule is COc1ccc([C@@H]2C[C@@H](c3ccccc3)N(C(=O)c3ccccc3)c3ncnn32)cc1. The number of methoxy groups -OCH3 is 1. The molecule has 0 aliphatic carbocycles. The molecule has 0 bridgehead atoms. The van der Waals surface area contributed by atoms with Gasteiger partial charge < -0.3 is 4.74 Å². The molecule has 6 heteroatoms. The molecule has 0 N–H and O–H groups in total. The van der Waals surface area contributed by atoms with Gasteiger partial charge in [0.25, 0.3) is 5.91 Å². The first-order chi connectivity index (χ1) is 15.3. The first-order valence-electron chi connectivity index (χ1n) is 10.2. The Labute approximate surface area is 180 Å². The minimum atomic E-state index is -0.169. The van der Waals surface area contributed by atoms with Crippen LogP contribution in [0.4, 0.5) is 5.95 Å². The number of rotatable bonds is 4. The smallest absolute Gasteiger partial charge is 0.261 e. The van der Waals surface area contributed by atoms with Crippen LogP contribution in [-0.4, -0.2) is 27.8 Å². The quantitative estimate of drug-likeness (QED) is 0.491. The Kier molecular flexibility index (Phi) is 4.96. The van der Waals surface area contributed by atoms with E-state index in [1.54, 1.807) is 12.0 Å². The minimum Gasteiger partial charge on any atom is -0.497 e. The van der Waals surface area contributed by atoms with Crippen molar-refractivity contribution in [2.24, 2.45) is 0 Å². The second-order valence-electron chi connectivity index (χ2n) is 7.50. The summed E-state index contributed by atoms with van der Waals surface area (Å²) in [4.78, 5) is 19.9.